The third kappa shape index (κ3) is 5.16. The molecule has 0 heterocycles. The first-order valence-corrected chi connectivity index (χ1v) is 9.73. The molecular formula is C25H26N2O5. The van der Waals surface area contributed by atoms with Crippen LogP contribution in [0, 0.1) is 11.3 Å². The number of carbonyl (C=O) groups excluding carboxylic acids is 2. The molecule has 2 aromatic rings. The summed E-state index contributed by atoms with van der Waals surface area (Å²) in [4.78, 5) is 26.1. The van der Waals surface area contributed by atoms with Crippen LogP contribution in [0.1, 0.15) is 12.0 Å². The van der Waals surface area contributed by atoms with Crippen LogP contribution in [0.4, 0.5) is 5.69 Å². The van der Waals surface area contributed by atoms with Crippen LogP contribution in [-0.4, -0.2) is 39.8 Å². The van der Waals surface area contributed by atoms with Gasteiger partial charge in [-0.05, 0) is 29.8 Å². The van der Waals surface area contributed by atoms with Crippen LogP contribution < -0.4 is 9.64 Å². The molecule has 0 radical (unpaired) electrons. The average molecular weight is 434 g/mol. The molecule has 0 saturated heterocycles. The van der Waals surface area contributed by atoms with Crippen LogP contribution in [0.5, 0.6) is 5.75 Å². The molecule has 0 amide bonds. The van der Waals surface area contributed by atoms with Gasteiger partial charge in [-0.15, -0.1) is 0 Å². The Bertz CT molecular complexity index is 1020. The number of carbonyl (C=O) groups is 2. The van der Waals surface area contributed by atoms with Gasteiger partial charge in [0, 0.05) is 23.3 Å². The highest BCUT2D eigenvalue weighted by Gasteiger charge is 2.41. The van der Waals surface area contributed by atoms with E-state index in [1.54, 1.807) is 60.5 Å². The molecule has 0 saturated carbocycles. The lowest BCUT2D eigenvalue weighted by atomic mass is 9.82. The van der Waals surface area contributed by atoms with Crippen molar-refractivity contribution in [3.05, 3.63) is 84.5 Å². The fraction of sp³-hybridized carbons (Fsp3) is 0.240. The summed E-state index contributed by atoms with van der Waals surface area (Å²) in [5.41, 5.74) is 0.0700. The zero-order valence-corrected chi connectivity index (χ0v) is 18.5. The van der Waals surface area contributed by atoms with Gasteiger partial charge in [-0.25, -0.2) is 9.59 Å². The molecule has 2 aromatic carbocycles. The molecule has 1 unspecified atom stereocenters. The second-order valence-electron chi connectivity index (χ2n) is 6.99. The molecule has 0 N–H and O–H groups in total. The zero-order valence-electron chi connectivity index (χ0n) is 18.5. The van der Waals surface area contributed by atoms with E-state index in [9.17, 15) is 14.9 Å². The van der Waals surface area contributed by atoms with Crippen LogP contribution >= 0.6 is 0 Å². The van der Waals surface area contributed by atoms with E-state index in [1.807, 2.05) is 6.07 Å². The van der Waals surface area contributed by atoms with Crippen molar-refractivity contribution in [1.29, 1.82) is 5.26 Å². The van der Waals surface area contributed by atoms with Gasteiger partial charge in [-0.3, -0.25) is 0 Å². The third-order valence-corrected chi connectivity index (χ3v) is 5.05. The van der Waals surface area contributed by atoms with Gasteiger partial charge in [0.1, 0.15) is 5.75 Å². The van der Waals surface area contributed by atoms with E-state index in [0.717, 1.165) is 0 Å². The fourth-order valence-electron chi connectivity index (χ4n) is 3.37. The zero-order chi connectivity index (χ0) is 23.7. The second kappa shape index (κ2) is 10.8. The molecule has 2 rings (SSSR count). The van der Waals surface area contributed by atoms with Crippen molar-refractivity contribution in [2.24, 2.45) is 0 Å². The highest BCUT2D eigenvalue weighted by molar-refractivity contribution is 5.90. The Labute approximate surface area is 188 Å². The minimum absolute atomic E-state index is 0.0318. The first-order chi connectivity index (χ1) is 15.3. The van der Waals surface area contributed by atoms with Crippen molar-refractivity contribution in [1.82, 2.24) is 0 Å². The van der Waals surface area contributed by atoms with Crippen molar-refractivity contribution < 1.29 is 23.8 Å². The van der Waals surface area contributed by atoms with Crippen LogP contribution in [0.3, 0.4) is 0 Å². The molecule has 0 bridgehead atoms. The van der Waals surface area contributed by atoms with Gasteiger partial charge < -0.3 is 19.1 Å². The van der Waals surface area contributed by atoms with Gasteiger partial charge in [0.05, 0.1) is 33.9 Å². The molecule has 7 nitrogen and oxygen atoms in total. The number of ether oxygens (including phenoxy) is 3. The maximum absolute atomic E-state index is 12.2. The second-order valence-corrected chi connectivity index (χ2v) is 6.99. The normalized spacial score (nSPS) is 11.9. The van der Waals surface area contributed by atoms with E-state index in [2.05, 4.69) is 19.2 Å². The molecule has 0 aliphatic rings. The van der Waals surface area contributed by atoms with Gasteiger partial charge in [-0.2, -0.15) is 5.26 Å². The number of hydrogen-bond donors (Lipinski definition) is 0. The Morgan fingerprint density at radius 2 is 1.50 bits per heavy atom. The average Bonchev–Trinajstić information content (AvgIpc) is 2.85. The lowest BCUT2D eigenvalue weighted by molar-refractivity contribution is -0.137. The minimum Gasteiger partial charge on any atom is -0.497 e. The Morgan fingerprint density at radius 1 is 0.938 bits per heavy atom. The van der Waals surface area contributed by atoms with Crippen LogP contribution in [0.2, 0.25) is 0 Å². The quantitative estimate of drug-likeness (QED) is 0.415. The molecule has 7 heteroatoms. The smallest absolute Gasteiger partial charge is 0.334 e. The number of anilines is 1. The number of esters is 2. The van der Waals surface area contributed by atoms with Crippen molar-refractivity contribution in [3.8, 4) is 11.8 Å². The van der Waals surface area contributed by atoms with Crippen molar-refractivity contribution in [2.75, 3.05) is 32.8 Å². The Kier molecular flexibility index (Phi) is 8.19. The van der Waals surface area contributed by atoms with E-state index >= 15 is 0 Å². The molecular weight excluding hydrogens is 408 g/mol. The fourth-order valence-corrected chi connectivity index (χ4v) is 3.37. The molecule has 0 aliphatic carbocycles. The largest absolute Gasteiger partial charge is 0.497 e. The predicted octanol–water partition coefficient (Wildman–Crippen LogP) is 3.77. The van der Waals surface area contributed by atoms with Crippen molar-refractivity contribution in [3.63, 3.8) is 0 Å². The molecule has 0 aromatic heterocycles. The number of rotatable bonds is 10. The number of hydrogen-bond acceptors (Lipinski definition) is 7. The molecule has 0 aliphatic heterocycles. The van der Waals surface area contributed by atoms with Gasteiger partial charge in [0.25, 0.3) is 0 Å². The number of nitrogens with zero attached hydrogens (tertiary/aromatic N) is 2. The molecule has 32 heavy (non-hydrogen) atoms. The number of nitriles is 1. The summed E-state index contributed by atoms with van der Waals surface area (Å²) in [7, 11) is 4.07. The Balaban J connectivity index is 2.72. The number of benzene rings is 2. The first-order valence-electron chi connectivity index (χ1n) is 9.73. The van der Waals surface area contributed by atoms with E-state index in [1.165, 1.54) is 14.2 Å². The van der Waals surface area contributed by atoms with Gasteiger partial charge in [-0.1, -0.05) is 43.5 Å². The topological polar surface area (TPSA) is 88.9 Å². The van der Waals surface area contributed by atoms with E-state index < -0.39 is 17.5 Å². The highest BCUT2D eigenvalue weighted by Crippen LogP contribution is 2.39. The van der Waals surface area contributed by atoms with Gasteiger partial charge >= 0.3 is 11.9 Å². The lowest BCUT2D eigenvalue weighted by Gasteiger charge is -2.41. The molecule has 0 spiro atoms. The third-order valence-electron chi connectivity index (χ3n) is 5.05. The first kappa shape index (κ1) is 24.2. The molecule has 1 atom stereocenters. The molecule has 0 fully saturated rings. The summed E-state index contributed by atoms with van der Waals surface area (Å²) < 4.78 is 14.9. The standard InChI is InChI=1S/C25H26N2O5/c1-18(23(28)31-4)15-25(17-26,20-9-7-6-8-10-20)27(16-19(2)24(29)32-5)21-11-13-22(30-3)14-12-21/h6-14H,1-2,15-16H2,3-5H3. The molecule has 166 valence electrons. The minimum atomic E-state index is -1.40. The Morgan fingerprint density at radius 3 is 2.00 bits per heavy atom. The summed E-state index contributed by atoms with van der Waals surface area (Å²) in [6.45, 7) is 7.63. The summed E-state index contributed by atoms with van der Waals surface area (Å²) in [5, 5.41) is 10.5. The maximum Gasteiger partial charge on any atom is 0.334 e. The summed E-state index contributed by atoms with van der Waals surface area (Å²) in [6.07, 6.45) is -0.0688. The SMILES string of the molecule is C=C(CN(c1ccc(OC)cc1)C(C#N)(CC(=C)C(=O)OC)c1ccccc1)C(=O)OC. The maximum atomic E-state index is 12.2. The summed E-state index contributed by atoms with van der Waals surface area (Å²) in [5.74, 6) is -0.598. The van der Waals surface area contributed by atoms with Crippen LogP contribution in [0.25, 0.3) is 0 Å². The van der Waals surface area contributed by atoms with Crippen molar-refractivity contribution >= 4 is 17.6 Å². The van der Waals surface area contributed by atoms with E-state index in [0.29, 0.717) is 17.0 Å². The van der Waals surface area contributed by atoms with Gasteiger partial charge in [0.2, 0.25) is 0 Å². The highest BCUT2D eigenvalue weighted by atomic mass is 16.5. The lowest BCUT2D eigenvalue weighted by Crippen LogP contribution is -2.48. The summed E-state index contributed by atoms with van der Waals surface area (Å²) >= 11 is 0. The van der Waals surface area contributed by atoms with Gasteiger partial charge in [0.15, 0.2) is 5.54 Å². The Hall–Kier alpha value is -4.05. The van der Waals surface area contributed by atoms with E-state index in [4.69, 9.17) is 14.2 Å². The predicted molar refractivity (Wildman–Crippen MR) is 121 cm³/mol. The summed E-state index contributed by atoms with van der Waals surface area (Å²) in [6, 6.07) is 18.4. The van der Waals surface area contributed by atoms with Crippen LogP contribution in [-0.2, 0) is 24.6 Å². The van der Waals surface area contributed by atoms with Crippen molar-refractivity contribution in [2.45, 2.75) is 12.0 Å². The van der Waals surface area contributed by atoms with E-state index in [-0.39, 0.29) is 24.1 Å². The number of methoxy groups -OCH3 is 3. The van der Waals surface area contributed by atoms with Crippen LogP contribution in [0.15, 0.2) is 78.9 Å². The monoisotopic (exact) mass is 434 g/mol.